The molecule has 0 aliphatic carbocycles. The first-order valence-electron chi connectivity index (χ1n) is 5.92. The number of hydrogen-bond acceptors (Lipinski definition) is 4. The Bertz CT molecular complexity index is 678. The van der Waals surface area contributed by atoms with Gasteiger partial charge in [0.1, 0.15) is 0 Å². The largest absolute Gasteiger partial charge is 0.273 e. The van der Waals surface area contributed by atoms with E-state index in [1.165, 1.54) is 24.3 Å². The average molecular weight is 304 g/mol. The van der Waals surface area contributed by atoms with Gasteiger partial charge in [0, 0.05) is 5.02 Å². The molecule has 1 heterocycles. The summed E-state index contributed by atoms with van der Waals surface area (Å²) in [6.07, 6.45) is 0.580. The molecule has 1 aromatic rings. The first kappa shape index (κ1) is 14.8. The number of nitrogens with zero attached hydrogens (tertiary/aromatic N) is 2. The molecule has 1 atom stereocenters. The van der Waals surface area contributed by atoms with Crippen LogP contribution in [0.2, 0.25) is 5.02 Å². The number of imide groups is 1. The topological polar surface area (TPSA) is 90.3 Å². The summed E-state index contributed by atoms with van der Waals surface area (Å²) in [6.45, 7) is 3.24. The highest BCUT2D eigenvalue weighted by atomic mass is 35.5. The van der Waals surface area contributed by atoms with E-state index < -0.39 is 23.1 Å². The van der Waals surface area contributed by atoms with Gasteiger partial charge in [0.15, 0.2) is 5.41 Å². The van der Waals surface area contributed by atoms with E-state index in [0.717, 1.165) is 6.08 Å². The van der Waals surface area contributed by atoms with E-state index in [4.69, 9.17) is 11.6 Å². The lowest BCUT2D eigenvalue weighted by molar-refractivity contribution is -0.147. The molecule has 3 amide bonds. The van der Waals surface area contributed by atoms with Crippen LogP contribution in [-0.2, 0) is 19.8 Å². The molecule has 6 nitrogen and oxygen atoms in total. The molecular weight excluding hydrogens is 294 g/mol. The highest BCUT2D eigenvalue weighted by molar-refractivity contribution is 6.30. The van der Waals surface area contributed by atoms with Gasteiger partial charge in [0.05, 0.1) is 12.5 Å². The first-order chi connectivity index (χ1) is 9.94. The molecule has 106 valence electrons. The minimum atomic E-state index is -1.66. The molecule has 0 radical (unpaired) electrons. The number of carbonyl (C=O) groups is 3. The van der Waals surface area contributed by atoms with E-state index in [1.807, 2.05) is 6.07 Å². The fraction of sp³-hybridized carbons (Fsp3) is 0.143. The Morgan fingerprint density at radius 1 is 1.43 bits per heavy atom. The Morgan fingerprint density at radius 2 is 2.05 bits per heavy atom. The van der Waals surface area contributed by atoms with Crippen molar-refractivity contribution in [3.05, 3.63) is 47.5 Å². The van der Waals surface area contributed by atoms with Gasteiger partial charge in [-0.3, -0.25) is 19.8 Å². The lowest BCUT2D eigenvalue weighted by Gasteiger charge is -2.20. The Balaban J connectivity index is 2.42. The van der Waals surface area contributed by atoms with Crippen LogP contribution < -0.4 is 5.43 Å². The van der Waals surface area contributed by atoms with Gasteiger partial charge in [-0.1, -0.05) is 30.3 Å². The zero-order chi connectivity index (χ0) is 15.6. The Morgan fingerprint density at radius 3 is 2.57 bits per heavy atom. The third-order valence-electron chi connectivity index (χ3n) is 3.17. The van der Waals surface area contributed by atoms with Gasteiger partial charge in [-0.25, -0.2) is 0 Å². The van der Waals surface area contributed by atoms with Crippen LogP contribution >= 0.6 is 11.6 Å². The van der Waals surface area contributed by atoms with Crippen molar-refractivity contribution in [3.63, 3.8) is 0 Å². The number of halogens is 1. The van der Waals surface area contributed by atoms with Gasteiger partial charge in [0.25, 0.3) is 17.7 Å². The lowest BCUT2D eigenvalue weighted by Crippen LogP contribution is -2.48. The zero-order valence-corrected chi connectivity index (χ0v) is 11.6. The Labute approximate surface area is 125 Å². The zero-order valence-electron chi connectivity index (χ0n) is 10.8. The minimum Gasteiger partial charge on any atom is -0.272 e. The van der Waals surface area contributed by atoms with Crippen LogP contribution in [-0.4, -0.2) is 22.7 Å². The molecule has 1 aliphatic heterocycles. The molecule has 0 spiro atoms. The van der Waals surface area contributed by atoms with Crippen LogP contribution in [0.25, 0.3) is 0 Å². The number of hydrazine groups is 1. The van der Waals surface area contributed by atoms with Crippen molar-refractivity contribution in [1.82, 2.24) is 10.4 Å². The maximum absolute atomic E-state index is 12.4. The second kappa shape index (κ2) is 5.38. The molecule has 1 N–H and O–H groups in total. The molecular formula is C14H10ClN3O3. The van der Waals surface area contributed by atoms with Crippen molar-refractivity contribution < 1.29 is 14.4 Å². The summed E-state index contributed by atoms with van der Waals surface area (Å²) in [5, 5.41) is 10.4. The predicted molar refractivity (Wildman–Crippen MR) is 73.6 cm³/mol. The van der Waals surface area contributed by atoms with Gasteiger partial charge < -0.3 is 0 Å². The Hall–Kier alpha value is -2.65. The van der Waals surface area contributed by atoms with Gasteiger partial charge >= 0.3 is 0 Å². The van der Waals surface area contributed by atoms with Crippen LogP contribution in [0, 0.1) is 11.3 Å². The highest BCUT2D eigenvalue weighted by Crippen LogP contribution is 2.35. The number of nitriles is 1. The van der Waals surface area contributed by atoms with E-state index in [-0.39, 0.29) is 6.42 Å². The van der Waals surface area contributed by atoms with Crippen LogP contribution in [0.4, 0.5) is 0 Å². The summed E-state index contributed by atoms with van der Waals surface area (Å²) in [6, 6.07) is 7.95. The number of carbonyl (C=O) groups excluding carboxylic acids is 3. The van der Waals surface area contributed by atoms with E-state index >= 15 is 0 Å². The van der Waals surface area contributed by atoms with Crippen molar-refractivity contribution in [2.24, 2.45) is 0 Å². The molecule has 0 aromatic heterocycles. The molecule has 7 heteroatoms. The summed E-state index contributed by atoms with van der Waals surface area (Å²) in [5.74, 6) is -2.17. The van der Waals surface area contributed by atoms with Gasteiger partial charge in [-0.15, -0.1) is 0 Å². The average Bonchev–Trinajstić information content (AvgIpc) is 2.73. The molecule has 0 saturated carbocycles. The van der Waals surface area contributed by atoms with Crippen LogP contribution in [0.1, 0.15) is 12.0 Å². The lowest BCUT2D eigenvalue weighted by atomic mass is 9.80. The summed E-state index contributed by atoms with van der Waals surface area (Å²) in [7, 11) is 0. The van der Waals surface area contributed by atoms with Gasteiger partial charge in [-0.05, 0) is 23.8 Å². The Kier molecular flexibility index (Phi) is 3.78. The number of rotatable bonds is 3. The van der Waals surface area contributed by atoms with Crippen LogP contribution in [0.5, 0.6) is 0 Å². The summed E-state index contributed by atoms with van der Waals surface area (Å²) < 4.78 is 0. The number of nitrogens with one attached hydrogen (secondary N) is 1. The second-order valence-corrected chi connectivity index (χ2v) is 4.85. The third-order valence-corrected chi connectivity index (χ3v) is 3.42. The molecule has 1 aliphatic rings. The standard InChI is InChI=1S/C14H10ClN3O3/c1-2-11(19)17-18-12(20)7-14(8-16,13(18)21)9-3-5-10(15)6-4-9/h2-6H,1,7H2,(H,17,19). The van der Waals surface area contributed by atoms with E-state index in [1.54, 1.807) is 0 Å². The summed E-state index contributed by atoms with van der Waals surface area (Å²) >= 11 is 5.78. The van der Waals surface area contributed by atoms with Gasteiger partial charge in [0.2, 0.25) is 0 Å². The quantitative estimate of drug-likeness (QED) is 0.668. The maximum Gasteiger partial charge on any atom is 0.273 e. The predicted octanol–water partition coefficient (Wildman–Crippen LogP) is 1.08. The number of amides is 3. The maximum atomic E-state index is 12.4. The van der Waals surface area contributed by atoms with Crippen LogP contribution in [0.15, 0.2) is 36.9 Å². The summed E-state index contributed by atoms with van der Waals surface area (Å²) in [5.41, 5.74) is 0.792. The number of hydrogen-bond donors (Lipinski definition) is 1. The molecule has 1 unspecified atom stereocenters. The normalized spacial score (nSPS) is 21.0. The van der Waals surface area contributed by atoms with Crippen molar-refractivity contribution in [1.29, 1.82) is 5.26 Å². The van der Waals surface area contributed by atoms with Crippen molar-refractivity contribution in [2.75, 3.05) is 0 Å². The fourth-order valence-corrected chi connectivity index (χ4v) is 2.19. The van der Waals surface area contributed by atoms with Crippen molar-refractivity contribution >= 4 is 29.3 Å². The first-order valence-corrected chi connectivity index (χ1v) is 6.30. The number of benzene rings is 1. The molecule has 1 aromatic carbocycles. The van der Waals surface area contributed by atoms with E-state index in [9.17, 15) is 19.6 Å². The van der Waals surface area contributed by atoms with Crippen molar-refractivity contribution in [3.8, 4) is 6.07 Å². The highest BCUT2D eigenvalue weighted by Gasteiger charge is 2.54. The molecule has 1 saturated heterocycles. The van der Waals surface area contributed by atoms with Gasteiger partial charge in [-0.2, -0.15) is 10.3 Å². The smallest absolute Gasteiger partial charge is 0.272 e. The summed E-state index contributed by atoms with van der Waals surface area (Å²) in [4.78, 5) is 35.6. The fourth-order valence-electron chi connectivity index (χ4n) is 2.07. The van der Waals surface area contributed by atoms with Crippen LogP contribution in [0.3, 0.4) is 0 Å². The molecule has 2 rings (SSSR count). The molecule has 0 bridgehead atoms. The SMILES string of the molecule is C=CC(=O)NN1C(=O)CC(C#N)(c2ccc(Cl)cc2)C1=O. The van der Waals surface area contributed by atoms with E-state index in [2.05, 4.69) is 12.0 Å². The monoisotopic (exact) mass is 303 g/mol. The molecule has 21 heavy (non-hydrogen) atoms. The minimum absolute atomic E-state index is 0.346. The molecule has 1 fully saturated rings. The van der Waals surface area contributed by atoms with E-state index in [0.29, 0.717) is 15.6 Å². The second-order valence-electron chi connectivity index (χ2n) is 4.42. The third kappa shape index (κ3) is 2.39. The van der Waals surface area contributed by atoms with Crippen molar-refractivity contribution in [2.45, 2.75) is 11.8 Å².